The predicted octanol–water partition coefficient (Wildman–Crippen LogP) is 19.6. The van der Waals surface area contributed by atoms with Gasteiger partial charge >= 0.3 is 5.97 Å². The average Bonchev–Trinajstić information content (AvgIpc) is 3.35. The molecular weight excluding hydrogens is 851 g/mol. The van der Waals surface area contributed by atoms with E-state index in [1.165, 1.54) is 276 Å². The highest BCUT2D eigenvalue weighted by molar-refractivity contribution is 5.76. The van der Waals surface area contributed by atoms with Gasteiger partial charge in [0.15, 0.2) is 0 Å². The molecule has 1 amide bonds. The Morgan fingerprint density at radius 1 is 0.391 bits per heavy atom. The zero-order chi connectivity index (χ0) is 50.0. The maximum atomic E-state index is 12.5. The van der Waals surface area contributed by atoms with Crippen molar-refractivity contribution in [2.75, 3.05) is 13.2 Å². The number of amides is 1. The van der Waals surface area contributed by atoms with E-state index in [0.717, 1.165) is 44.9 Å². The molecule has 410 valence electrons. The first kappa shape index (κ1) is 67.6. The van der Waals surface area contributed by atoms with Gasteiger partial charge in [-0.25, -0.2) is 0 Å². The first-order valence-electron chi connectivity index (χ1n) is 31.4. The number of ether oxygens (including phenoxy) is 1. The molecule has 0 saturated heterocycles. The van der Waals surface area contributed by atoms with E-state index in [-0.39, 0.29) is 18.5 Å². The van der Waals surface area contributed by atoms with E-state index in [4.69, 9.17) is 4.74 Å². The zero-order valence-electron chi connectivity index (χ0n) is 46.8. The van der Waals surface area contributed by atoms with Crippen molar-refractivity contribution in [3.05, 3.63) is 12.2 Å². The summed E-state index contributed by atoms with van der Waals surface area (Å²) >= 11 is 0. The Bertz CT molecular complexity index is 1030. The van der Waals surface area contributed by atoms with Crippen LogP contribution < -0.4 is 5.32 Å². The van der Waals surface area contributed by atoms with Gasteiger partial charge in [-0.2, -0.15) is 0 Å². The van der Waals surface area contributed by atoms with Crippen LogP contribution in [-0.4, -0.2) is 47.4 Å². The topological polar surface area (TPSA) is 95.9 Å². The van der Waals surface area contributed by atoms with Crippen LogP contribution in [0.1, 0.15) is 354 Å². The van der Waals surface area contributed by atoms with Gasteiger partial charge in [0.2, 0.25) is 5.91 Å². The van der Waals surface area contributed by atoms with Gasteiger partial charge in [0.25, 0.3) is 0 Å². The molecule has 0 aliphatic rings. The molecular formula is C63H123NO5. The Labute approximate surface area is 431 Å². The number of esters is 1. The summed E-state index contributed by atoms with van der Waals surface area (Å²) in [5, 5.41) is 23.3. The number of allylic oxidation sites excluding steroid dienone is 2. The molecule has 0 saturated carbocycles. The van der Waals surface area contributed by atoms with Crippen LogP contribution in [-0.2, 0) is 14.3 Å². The molecule has 0 aromatic rings. The van der Waals surface area contributed by atoms with Gasteiger partial charge in [0, 0.05) is 12.8 Å². The number of nitrogens with one attached hydrogen (secondary N) is 1. The van der Waals surface area contributed by atoms with E-state index in [9.17, 15) is 19.8 Å². The van der Waals surface area contributed by atoms with E-state index in [1.54, 1.807) is 0 Å². The monoisotopic (exact) mass is 974 g/mol. The van der Waals surface area contributed by atoms with Gasteiger partial charge < -0.3 is 20.3 Å². The Balaban J connectivity index is 3.36. The molecule has 6 heteroatoms. The molecule has 2 atom stereocenters. The molecule has 0 bridgehead atoms. The van der Waals surface area contributed by atoms with Crippen molar-refractivity contribution in [3.8, 4) is 0 Å². The van der Waals surface area contributed by atoms with Gasteiger partial charge in [-0.3, -0.25) is 9.59 Å². The van der Waals surface area contributed by atoms with Crippen LogP contribution in [0.5, 0.6) is 0 Å². The van der Waals surface area contributed by atoms with Gasteiger partial charge in [-0.05, 0) is 51.4 Å². The van der Waals surface area contributed by atoms with Gasteiger partial charge in [-0.1, -0.05) is 302 Å². The third-order valence-electron chi connectivity index (χ3n) is 14.8. The van der Waals surface area contributed by atoms with Crippen molar-refractivity contribution in [2.45, 2.75) is 366 Å². The Morgan fingerprint density at radius 2 is 0.681 bits per heavy atom. The highest BCUT2D eigenvalue weighted by Gasteiger charge is 2.20. The number of rotatable bonds is 59. The molecule has 0 aliphatic carbocycles. The fourth-order valence-corrected chi connectivity index (χ4v) is 9.99. The smallest absolute Gasteiger partial charge is 0.305 e. The third-order valence-corrected chi connectivity index (χ3v) is 14.8. The maximum Gasteiger partial charge on any atom is 0.305 e. The van der Waals surface area contributed by atoms with Crippen molar-refractivity contribution in [1.29, 1.82) is 0 Å². The molecule has 69 heavy (non-hydrogen) atoms. The largest absolute Gasteiger partial charge is 0.466 e. The summed E-state index contributed by atoms with van der Waals surface area (Å²) in [4.78, 5) is 24.5. The van der Waals surface area contributed by atoms with Crippen molar-refractivity contribution in [3.63, 3.8) is 0 Å². The number of aliphatic hydroxyl groups is 2. The molecule has 0 aromatic carbocycles. The van der Waals surface area contributed by atoms with Crippen LogP contribution in [0.15, 0.2) is 12.2 Å². The lowest BCUT2D eigenvalue weighted by Gasteiger charge is -2.22. The first-order chi connectivity index (χ1) is 34.0. The van der Waals surface area contributed by atoms with Gasteiger partial charge in [0.05, 0.1) is 25.4 Å². The lowest BCUT2D eigenvalue weighted by molar-refractivity contribution is -0.143. The molecule has 0 radical (unpaired) electrons. The number of carbonyl (C=O) groups excluding carboxylic acids is 2. The van der Waals surface area contributed by atoms with E-state index in [1.807, 2.05) is 0 Å². The number of aliphatic hydroxyl groups excluding tert-OH is 2. The fraction of sp³-hybridized carbons (Fsp3) is 0.937. The van der Waals surface area contributed by atoms with Crippen LogP contribution in [0.3, 0.4) is 0 Å². The minimum atomic E-state index is -0.663. The van der Waals surface area contributed by atoms with Crippen LogP contribution >= 0.6 is 0 Å². The van der Waals surface area contributed by atoms with Gasteiger partial charge in [-0.15, -0.1) is 0 Å². The summed E-state index contributed by atoms with van der Waals surface area (Å²) in [6.45, 7) is 4.96. The second-order valence-electron chi connectivity index (χ2n) is 21.7. The standard InChI is InChI=1S/C63H123NO5/c1-3-5-7-9-11-13-15-17-28-31-35-39-43-47-51-55-61(66)60(59-65)64-62(67)56-52-48-44-40-36-32-29-26-24-22-20-19-21-23-25-27-30-34-38-42-46-50-54-58-69-63(68)57-53-49-45-41-37-33-18-16-14-12-10-8-6-4-2/h16,18,60-61,65-66H,3-15,17,19-59H2,1-2H3,(H,64,67)/b18-16-. The molecule has 2 unspecified atom stereocenters. The van der Waals surface area contributed by atoms with Crippen molar-refractivity contribution in [2.24, 2.45) is 0 Å². The first-order valence-corrected chi connectivity index (χ1v) is 31.4. The van der Waals surface area contributed by atoms with E-state index < -0.39 is 12.1 Å². The van der Waals surface area contributed by atoms with Crippen molar-refractivity contribution in [1.82, 2.24) is 5.32 Å². The summed E-state index contributed by atoms with van der Waals surface area (Å²) in [5.74, 6) is -0.0254. The minimum absolute atomic E-state index is 0.00656. The summed E-state index contributed by atoms with van der Waals surface area (Å²) in [6.07, 6.45) is 70.8. The average molecular weight is 975 g/mol. The lowest BCUT2D eigenvalue weighted by Crippen LogP contribution is -2.45. The number of carbonyl (C=O) groups is 2. The molecule has 3 N–H and O–H groups in total. The normalized spacial score (nSPS) is 12.6. The molecule has 0 spiro atoms. The summed E-state index contributed by atoms with van der Waals surface area (Å²) < 4.78 is 5.48. The Morgan fingerprint density at radius 3 is 1.03 bits per heavy atom. The van der Waals surface area contributed by atoms with Crippen LogP contribution in [0.25, 0.3) is 0 Å². The second-order valence-corrected chi connectivity index (χ2v) is 21.7. The molecule has 0 fully saturated rings. The van der Waals surface area contributed by atoms with Gasteiger partial charge in [0.1, 0.15) is 0 Å². The number of unbranched alkanes of at least 4 members (excludes halogenated alkanes) is 46. The van der Waals surface area contributed by atoms with Crippen LogP contribution in [0.4, 0.5) is 0 Å². The summed E-state index contributed by atoms with van der Waals surface area (Å²) in [7, 11) is 0. The highest BCUT2D eigenvalue weighted by Crippen LogP contribution is 2.18. The highest BCUT2D eigenvalue weighted by atomic mass is 16.5. The fourth-order valence-electron chi connectivity index (χ4n) is 9.99. The van der Waals surface area contributed by atoms with Crippen LogP contribution in [0, 0.1) is 0 Å². The second kappa shape index (κ2) is 59.2. The Hall–Kier alpha value is -1.40. The van der Waals surface area contributed by atoms with E-state index >= 15 is 0 Å². The van der Waals surface area contributed by atoms with E-state index in [0.29, 0.717) is 25.9 Å². The maximum absolute atomic E-state index is 12.5. The van der Waals surface area contributed by atoms with E-state index in [2.05, 4.69) is 31.3 Å². The quantitative estimate of drug-likeness (QED) is 0.0321. The zero-order valence-corrected chi connectivity index (χ0v) is 46.8. The van der Waals surface area contributed by atoms with Crippen molar-refractivity contribution < 1.29 is 24.5 Å². The summed E-state index contributed by atoms with van der Waals surface area (Å²) in [6, 6.07) is -0.540. The number of hydrogen-bond acceptors (Lipinski definition) is 5. The minimum Gasteiger partial charge on any atom is -0.466 e. The molecule has 0 aromatic heterocycles. The number of hydrogen-bond donors (Lipinski definition) is 3. The lowest BCUT2D eigenvalue weighted by atomic mass is 10.0. The molecule has 0 aliphatic heterocycles. The molecule has 0 rings (SSSR count). The SMILES string of the molecule is CCCCCCC/C=C\CCCCCCCC(=O)OCCCCCCCCCCCCCCCCCCCCCCCCCC(=O)NC(CO)C(O)CCCCCCCCCCCCCCCCC. The predicted molar refractivity (Wildman–Crippen MR) is 301 cm³/mol. The molecule has 6 nitrogen and oxygen atoms in total. The van der Waals surface area contributed by atoms with Crippen LogP contribution in [0.2, 0.25) is 0 Å². The Kier molecular flexibility index (Phi) is 58.0. The summed E-state index contributed by atoms with van der Waals surface area (Å²) in [5.41, 5.74) is 0. The third kappa shape index (κ3) is 55.8. The van der Waals surface area contributed by atoms with Crippen molar-refractivity contribution >= 4 is 11.9 Å². The molecule has 0 heterocycles.